The maximum Gasteiger partial charge on any atom is 0.300 e. The van der Waals surface area contributed by atoms with Gasteiger partial charge in [0.05, 0.1) is 24.4 Å². The Kier molecular flexibility index (Phi) is 5.34. The molecule has 1 aliphatic heterocycles. The molecule has 0 bridgehead atoms. The number of carbonyl (C=O) groups is 2. The lowest BCUT2D eigenvalue weighted by Gasteiger charge is -2.26. The fourth-order valence-corrected chi connectivity index (χ4v) is 4.53. The van der Waals surface area contributed by atoms with E-state index in [0.717, 1.165) is 16.3 Å². The molecule has 0 spiro atoms. The highest BCUT2D eigenvalue weighted by molar-refractivity contribution is 6.52. The van der Waals surface area contributed by atoms with E-state index in [0.29, 0.717) is 22.6 Å². The number of methoxy groups -OCH3 is 1. The number of ketones is 1. The fourth-order valence-electron chi connectivity index (χ4n) is 4.53. The van der Waals surface area contributed by atoms with E-state index >= 15 is 0 Å². The second kappa shape index (κ2) is 8.48. The van der Waals surface area contributed by atoms with Gasteiger partial charge in [-0.05, 0) is 59.8 Å². The summed E-state index contributed by atoms with van der Waals surface area (Å²) >= 11 is 0. The van der Waals surface area contributed by atoms with E-state index in [1.165, 1.54) is 4.90 Å². The lowest BCUT2D eigenvalue weighted by molar-refractivity contribution is -0.132. The number of benzene rings is 3. The van der Waals surface area contributed by atoms with Crippen LogP contribution in [0.25, 0.3) is 16.5 Å². The topological polar surface area (TPSA) is 79.7 Å². The van der Waals surface area contributed by atoms with E-state index in [-0.39, 0.29) is 11.3 Å². The minimum atomic E-state index is -0.810. The van der Waals surface area contributed by atoms with Gasteiger partial charge in [-0.2, -0.15) is 0 Å². The maximum atomic E-state index is 13.5. The van der Waals surface area contributed by atoms with E-state index in [9.17, 15) is 14.7 Å². The predicted molar refractivity (Wildman–Crippen MR) is 131 cm³/mol. The first-order valence-corrected chi connectivity index (χ1v) is 10.8. The zero-order valence-corrected chi connectivity index (χ0v) is 18.7. The number of aryl methyl sites for hydroxylation is 1. The van der Waals surface area contributed by atoms with Crippen molar-refractivity contribution in [2.24, 2.45) is 0 Å². The predicted octanol–water partition coefficient (Wildman–Crippen LogP) is 5.18. The highest BCUT2D eigenvalue weighted by Crippen LogP contribution is 2.44. The average Bonchev–Trinajstić information content (AvgIpc) is 3.14. The summed E-state index contributed by atoms with van der Waals surface area (Å²) in [6.45, 7) is 1.82. The Labute approximate surface area is 196 Å². The molecule has 1 unspecified atom stereocenters. The zero-order chi connectivity index (χ0) is 23.8. The number of hydrogen-bond acceptors (Lipinski definition) is 5. The van der Waals surface area contributed by atoms with Gasteiger partial charge in [0.2, 0.25) is 0 Å². The van der Waals surface area contributed by atoms with Crippen LogP contribution in [0.5, 0.6) is 5.75 Å². The first-order chi connectivity index (χ1) is 16.5. The number of aliphatic hydroxyl groups is 1. The highest BCUT2D eigenvalue weighted by Gasteiger charge is 2.47. The van der Waals surface area contributed by atoms with E-state index in [2.05, 4.69) is 4.98 Å². The van der Waals surface area contributed by atoms with Crippen LogP contribution in [0.3, 0.4) is 0 Å². The number of hydrogen-bond donors (Lipinski definition) is 1. The molecule has 0 aliphatic carbocycles. The number of rotatable bonds is 4. The van der Waals surface area contributed by atoms with Crippen molar-refractivity contribution in [2.75, 3.05) is 12.0 Å². The third-order valence-corrected chi connectivity index (χ3v) is 6.18. The molecule has 5 rings (SSSR count). The molecular weight excluding hydrogens is 428 g/mol. The Morgan fingerprint density at radius 2 is 1.71 bits per heavy atom. The number of fused-ring (bicyclic) bond motifs is 1. The van der Waals surface area contributed by atoms with Gasteiger partial charge >= 0.3 is 0 Å². The smallest absolute Gasteiger partial charge is 0.300 e. The normalized spacial score (nSPS) is 17.4. The minimum Gasteiger partial charge on any atom is -0.507 e. The third-order valence-electron chi connectivity index (χ3n) is 6.18. The minimum absolute atomic E-state index is 0.0393. The molecule has 6 heteroatoms. The highest BCUT2D eigenvalue weighted by atomic mass is 16.5. The number of pyridine rings is 1. The van der Waals surface area contributed by atoms with Gasteiger partial charge in [0.1, 0.15) is 11.5 Å². The fraction of sp³-hybridized carbons (Fsp3) is 0.107. The van der Waals surface area contributed by atoms with Crippen LogP contribution >= 0.6 is 0 Å². The molecule has 34 heavy (non-hydrogen) atoms. The van der Waals surface area contributed by atoms with Crippen LogP contribution in [0.15, 0.2) is 90.8 Å². The van der Waals surface area contributed by atoms with Gasteiger partial charge in [0.25, 0.3) is 11.7 Å². The van der Waals surface area contributed by atoms with Crippen molar-refractivity contribution in [3.05, 3.63) is 107 Å². The van der Waals surface area contributed by atoms with Gasteiger partial charge in [-0.3, -0.25) is 19.5 Å². The molecule has 1 atom stereocenters. The van der Waals surface area contributed by atoms with Crippen molar-refractivity contribution < 1.29 is 19.4 Å². The van der Waals surface area contributed by atoms with Gasteiger partial charge in [0.15, 0.2) is 0 Å². The zero-order valence-electron chi connectivity index (χ0n) is 18.7. The van der Waals surface area contributed by atoms with Crippen molar-refractivity contribution in [1.29, 1.82) is 0 Å². The largest absolute Gasteiger partial charge is 0.507 e. The lowest BCUT2D eigenvalue weighted by Crippen LogP contribution is -2.29. The molecule has 6 nitrogen and oxygen atoms in total. The number of aromatic nitrogens is 1. The molecule has 4 aromatic rings. The average molecular weight is 450 g/mol. The van der Waals surface area contributed by atoms with Gasteiger partial charge in [0, 0.05) is 23.3 Å². The van der Waals surface area contributed by atoms with E-state index in [1.807, 2.05) is 49.4 Å². The number of anilines is 1. The Hall–Kier alpha value is -4.45. The molecule has 1 aliphatic rings. The van der Waals surface area contributed by atoms with Crippen molar-refractivity contribution >= 4 is 33.9 Å². The second-order valence-electron chi connectivity index (χ2n) is 8.13. The molecule has 1 N–H and O–H groups in total. The van der Waals surface area contributed by atoms with Crippen molar-refractivity contribution in [3.63, 3.8) is 0 Å². The van der Waals surface area contributed by atoms with Crippen LogP contribution in [0.4, 0.5) is 5.69 Å². The van der Waals surface area contributed by atoms with E-state index in [4.69, 9.17) is 4.74 Å². The summed E-state index contributed by atoms with van der Waals surface area (Å²) in [4.78, 5) is 32.4. The molecule has 1 saturated heterocycles. The monoisotopic (exact) mass is 450 g/mol. The number of nitrogens with zero attached hydrogens (tertiary/aromatic N) is 2. The summed E-state index contributed by atoms with van der Waals surface area (Å²) < 4.78 is 5.27. The van der Waals surface area contributed by atoms with E-state index in [1.54, 1.807) is 49.8 Å². The summed E-state index contributed by atoms with van der Waals surface area (Å²) in [5.41, 5.74) is 2.51. The molecule has 0 saturated carbocycles. The number of aliphatic hydroxyl groups excluding tert-OH is 1. The summed E-state index contributed by atoms with van der Waals surface area (Å²) in [7, 11) is 1.56. The van der Waals surface area contributed by atoms with Crippen LogP contribution in [-0.2, 0) is 9.59 Å². The number of carbonyl (C=O) groups excluding carboxylic acids is 2. The number of Topliss-reactive ketones (excluding diaryl/α,β-unsaturated/α-hetero) is 1. The maximum absolute atomic E-state index is 13.5. The first-order valence-electron chi connectivity index (χ1n) is 10.8. The molecule has 1 aromatic heterocycles. The van der Waals surface area contributed by atoms with Crippen molar-refractivity contribution in [3.8, 4) is 5.75 Å². The van der Waals surface area contributed by atoms with Crippen LogP contribution in [0.1, 0.15) is 22.7 Å². The molecule has 168 valence electrons. The Morgan fingerprint density at radius 3 is 2.44 bits per heavy atom. The summed E-state index contributed by atoms with van der Waals surface area (Å²) in [5, 5.41) is 13.2. The summed E-state index contributed by atoms with van der Waals surface area (Å²) in [6.07, 6.45) is 3.22. The van der Waals surface area contributed by atoms with E-state index < -0.39 is 17.7 Å². The van der Waals surface area contributed by atoms with Gasteiger partial charge in [-0.1, -0.05) is 36.4 Å². The Morgan fingerprint density at radius 1 is 0.971 bits per heavy atom. The van der Waals surface area contributed by atoms with Crippen LogP contribution in [0, 0.1) is 6.92 Å². The second-order valence-corrected chi connectivity index (χ2v) is 8.13. The quantitative estimate of drug-likeness (QED) is 0.263. The number of amides is 1. The summed E-state index contributed by atoms with van der Waals surface area (Å²) in [6, 6.07) is 21.2. The first kappa shape index (κ1) is 21.4. The van der Waals surface area contributed by atoms with Crippen LogP contribution < -0.4 is 9.64 Å². The van der Waals surface area contributed by atoms with Crippen molar-refractivity contribution in [2.45, 2.75) is 13.0 Å². The van der Waals surface area contributed by atoms with Gasteiger partial charge in [-0.15, -0.1) is 0 Å². The van der Waals surface area contributed by atoms with Crippen LogP contribution in [0.2, 0.25) is 0 Å². The molecule has 1 amide bonds. The molecule has 3 aromatic carbocycles. The standard InChI is InChI=1S/C28H22N2O4/c1-17-16-20(34-2)10-11-21(17)26(31)24-25(19-12-14-29-15-13-19)30(28(33)27(24)32)23-9-5-7-18-6-3-4-8-22(18)23/h3-16,25,31H,1-2H3/b26-24+. The van der Waals surface area contributed by atoms with Gasteiger partial charge in [-0.25, -0.2) is 0 Å². The van der Waals surface area contributed by atoms with Crippen LogP contribution in [-0.4, -0.2) is 28.9 Å². The van der Waals surface area contributed by atoms with Gasteiger partial charge < -0.3 is 9.84 Å². The molecule has 1 fully saturated rings. The summed E-state index contributed by atoms with van der Waals surface area (Å²) in [5.74, 6) is -1.01. The Bertz CT molecular complexity index is 1450. The molecule has 0 radical (unpaired) electrons. The Balaban J connectivity index is 1.77. The lowest BCUT2D eigenvalue weighted by atomic mass is 9.94. The SMILES string of the molecule is COc1ccc(/C(O)=C2\C(=O)C(=O)N(c3cccc4ccccc34)C2c2ccncc2)c(C)c1. The molecular formula is C28H22N2O4. The third kappa shape index (κ3) is 3.40. The van der Waals surface area contributed by atoms with Crippen molar-refractivity contribution in [1.82, 2.24) is 4.98 Å². The molecule has 2 heterocycles. The number of ether oxygens (including phenoxy) is 1.